The summed E-state index contributed by atoms with van der Waals surface area (Å²) in [4.78, 5) is 11.4. The molecule has 0 aliphatic rings. The van der Waals surface area contributed by atoms with Crippen LogP contribution >= 0.6 is 0 Å². The van der Waals surface area contributed by atoms with E-state index in [1.165, 1.54) is 83.5 Å². The molecule has 0 atom stereocenters. The van der Waals surface area contributed by atoms with Crippen molar-refractivity contribution < 1.29 is 9.53 Å². The molecular weight excluding hydrogens is 320 g/mol. The number of hydrogen-bond donors (Lipinski definition) is 0. The van der Waals surface area contributed by atoms with E-state index in [0.29, 0.717) is 6.42 Å². The van der Waals surface area contributed by atoms with E-state index in [-0.39, 0.29) is 5.97 Å². The third-order valence-corrected chi connectivity index (χ3v) is 4.88. The van der Waals surface area contributed by atoms with Crippen LogP contribution < -0.4 is 0 Å². The number of carbonyl (C=O) groups excluding carboxylic acids is 1. The van der Waals surface area contributed by atoms with Crippen LogP contribution in [0.2, 0.25) is 0 Å². The predicted molar refractivity (Wildman–Crippen MR) is 113 cm³/mol. The number of carbonyl (C=O) groups is 1. The SMILES string of the molecule is CCCCCCCCCCCCCCCCC#COC(=O)CCCCC. The van der Waals surface area contributed by atoms with Crippen LogP contribution in [0.5, 0.6) is 0 Å². The van der Waals surface area contributed by atoms with Crippen molar-refractivity contribution in [3.05, 3.63) is 0 Å². The first kappa shape index (κ1) is 25.0. The molecule has 0 bridgehead atoms. The largest absolute Gasteiger partial charge is 0.372 e. The molecule has 0 amide bonds. The van der Waals surface area contributed by atoms with Gasteiger partial charge in [0.2, 0.25) is 0 Å². The summed E-state index contributed by atoms with van der Waals surface area (Å²) in [6.45, 7) is 4.40. The van der Waals surface area contributed by atoms with E-state index in [9.17, 15) is 4.79 Å². The van der Waals surface area contributed by atoms with E-state index in [4.69, 9.17) is 4.74 Å². The molecule has 0 saturated carbocycles. The Morgan fingerprint density at radius 3 is 1.54 bits per heavy atom. The zero-order valence-corrected chi connectivity index (χ0v) is 17.8. The molecule has 0 aliphatic heterocycles. The lowest BCUT2D eigenvalue weighted by molar-refractivity contribution is -0.136. The van der Waals surface area contributed by atoms with Gasteiger partial charge >= 0.3 is 5.97 Å². The van der Waals surface area contributed by atoms with Gasteiger partial charge < -0.3 is 4.74 Å². The van der Waals surface area contributed by atoms with E-state index in [2.05, 4.69) is 25.9 Å². The molecular formula is C24H44O2. The molecule has 0 saturated heterocycles. The van der Waals surface area contributed by atoms with Crippen molar-refractivity contribution in [2.75, 3.05) is 0 Å². The van der Waals surface area contributed by atoms with E-state index < -0.39 is 0 Å². The van der Waals surface area contributed by atoms with Gasteiger partial charge in [0, 0.05) is 12.8 Å². The molecule has 0 N–H and O–H groups in total. The van der Waals surface area contributed by atoms with Gasteiger partial charge in [-0.3, -0.25) is 4.79 Å². The molecule has 0 spiro atoms. The second-order valence-electron chi connectivity index (χ2n) is 7.56. The molecule has 0 unspecified atom stereocenters. The molecule has 2 nitrogen and oxygen atoms in total. The first-order chi connectivity index (χ1) is 12.8. The van der Waals surface area contributed by atoms with Crippen molar-refractivity contribution in [3.8, 4) is 12.0 Å². The Bertz CT molecular complexity index is 351. The fourth-order valence-electron chi connectivity index (χ4n) is 3.12. The average Bonchev–Trinajstić information content (AvgIpc) is 2.64. The molecule has 0 heterocycles. The highest BCUT2D eigenvalue weighted by Gasteiger charge is 1.99. The molecule has 0 aromatic carbocycles. The van der Waals surface area contributed by atoms with Gasteiger partial charge in [-0.2, -0.15) is 0 Å². The molecule has 152 valence electrons. The van der Waals surface area contributed by atoms with Crippen molar-refractivity contribution in [1.29, 1.82) is 0 Å². The summed E-state index contributed by atoms with van der Waals surface area (Å²) in [5.74, 6) is 2.78. The van der Waals surface area contributed by atoms with Crippen LogP contribution in [0.25, 0.3) is 0 Å². The Kier molecular flexibility index (Phi) is 21.2. The predicted octanol–water partition coefficient (Wildman–Crippen LogP) is 7.94. The van der Waals surface area contributed by atoms with Crippen molar-refractivity contribution in [1.82, 2.24) is 0 Å². The number of ether oxygens (including phenoxy) is 1. The number of rotatable bonds is 18. The van der Waals surface area contributed by atoms with E-state index in [1.54, 1.807) is 0 Å². The molecule has 0 aromatic rings. The Labute approximate surface area is 163 Å². The van der Waals surface area contributed by atoms with Gasteiger partial charge in [-0.05, 0) is 12.8 Å². The zero-order valence-electron chi connectivity index (χ0n) is 17.8. The second kappa shape index (κ2) is 22.1. The minimum absolute atomic E-state index is 0.174. The van der Waals surface area contributed by atoms with Crippen LogP contribution in [0.3, 0.4) is 0 Å². The minimum Gasteiger partial charge on any atom is -0.372 e. The van der Waals surface area contributed by atoms with Gasteiger partial charge in [-0.25, -0.2) is 0 Å². The maximum absolute atomic E-state index is 11.4. The van der Waals surface area contributed by atoms with Crippen molar-refractivity contribution in [2.45, 2.75) is 136 Å². The second-order valence-corrected chi connectivity index (χ2v) is 7.56. The standard InChI is InChI=1S/C24H44O2/c1-3-5-7-8-9-10-11-12-13-14-15-16-17-18-19-21-23-26-24(25)22-20-6-4-2/h3-20,22H2,1-2H3. The third-order valence-electron chi connectivity index (χ3n) is 4.88. The van der Waals surface area contributed by atoms with Gasteiger partial charge in [0.25, 0.3) is 0 Å². The number of esters is 1. The summed E-state index contributed by atoms with van der Waals surface area (Å²) >= 11 is 0. The van der Waals surface area contributed by atoms with E-state index in [0.717, 1.165) is 32.1 Å². The number of unbranched alkanes of at least 4 members (excludes halogenated alkanes) is 16. The van der Waals surface area contributed by atoms with Crippen molar-refractivity contribution in [3.63, 3.8) is 0 Å². The van der Waals surface area contributed by atoms with Gasteiger partial charge in [0.05, 0.1) is 0 Å². The Morgan fingerprint density at radius 1 is 0.615 bits per heavy atom. The van der Waals surface area contributed by atoms with Gasteiger partial charge in [0.15, 0.2) is 0 Å². The van der Waals surface area contributed by atoms with Crippen molar-refractivity contribution in [2.24, 2.45) is 0 Å². The Balaban J connectivity index is 3.18. The fourth-order valence-corrected chi connectivity index (χ4v) is 3.12. The van der Waals surface area contributed by atoms with Crippen LogP contribution in [-0.2, 0) is 9.53 Å². The highest BCUT2D eigenvalue weighted by molar-refractivity contribution is 5.70. The first-order valence-electron chi connectivity index (χ1n) is 11.5. The third kappa shape index (κ3) is 21.1. The monoisotopic (exact) mass is 364 g/mol. The maximum atomic E-state index is 11.4. The Morgan fingerprint density at radius 2 is 1.04 bits per heavy atom. The van der Waals surface area contributed by atoms with Crippen LogP contribution in [0.1, 0.15) is 136 Å². The van der Waals surface area contributed by atoms with E-state index in [1.807, 2.05) is 0 Å². The lowest BCUT2D eigenvalue weighted by Gasteiger charge is -2.02. The summed E-state index contributed by atoms with van der Waals surface area (Å²) in [6, 6.07) is 0. The van der Waals surface area contributed by atoms with Crippen molar-refractivity contribution >= 4 is 5.97 Å². The molecule has 0 fully saturated rings. The normalized spacial score (nSPS) is 10.4. The van der Waals surface area contributed by atoms with Gasteiger partial charge in [-0.1, -0.05) is 116 Å². The van der Waals surface area contributed by atoms with E-state index >= 15 is 0 Å². The summed E-state index contributed by atoms with van der Waals surface area (Å²) in [6.07, 6.45) is 26.2. The Hall–Kier alpha value is -0.970. The summed E-state index contributed by atoms with van der Waals surface area (Å²) in [5, 5.41) is 0. The minimum atomic E-state index is -0.174. The van der Waals surface area contributed by atoms with Crippen LogP contribution in [0.15, 0.2) is 0 Å². The van der Waals surface area contributed by atoms with Crippen LogP contribution in [-0.4, -0.2) is 5.97 Å². The average molecular weight is 365 g/mol. The van der Waals surface area contributed by atoms with Gasteiger partial charge in [-0.15, -0.1) is 0 Å². The van der Waals surface area contributed by atoms with Crippen LogP contribution in [0, 0.1) is 12.0 Å². The summed E-state index contributed by atoms with van der Waals surface area (Å²) in [5.41, 5.74) is 0. The van der Waals surface area contributed by atoms with Crippen LogP contribution in [0.4, 0.5) is 0 Å². The lowest BCUT2D eigenvalue weighted by atomic mass is 10.0. The summed E-state index contributed by atoms with van der Waals surface area (Å²) in [7, 11) is 0. The summed E-state index contributed by atoms with van der Waals surface area (Å²) < 4.78 is 4.91. The molecule has 0 rings (SSSR count). The first-order valence-corrected chi connectivity index (χ1v) is 11.5. The topological polar surface area (TPSA) is 26.3 Å². The van der Waals surface area contributed by atoms with Gasteiger partial charge in [0.1, 0.15) is 6.11 Å². The smallest absolute Gasteiger partial charge is 0.319 e. The maximum Gasteiger partial charge on any atom is 0.319 e. The highest BCUT2D eigenvalue weighted by Crippen LogP contribution is 2.13. The molecule has 0 aromatic heterocycles. The zero-order chi connectivity index (χ0) is 19.1. The highest BCUT2D eigenvalue weighted by atomic mass is 16.5. The number of hydrogen-bond acceptors (Lipinski definition) is 2. The lowest BCUT2D eigenvalue weighted by Crippen LogP contribution is -1.99. The molecule has 26 heavy (non-hydrogen) atoms. The quantitative estimate of drug-likeness (QED) is 0.140. The fraction of sp³-hybridized carbons (Fsp3) is 0.875. The molecule has 0 aliphatic carbocycles. The molecule has 0 radical (unpaired) electrons. The molecule has 2 heteroatoms.